The Balaban J connectivity index is 1.48. The maximum atomic E-state index is 12.4. The summed E-state index contributed by atoms with van der Waals surface area (Å²) in [6.45, 7) is 1.35. The number of carbonyl (C=O) groups excluding carboxylic acids is 1. The molecule has 1 aromatic carbocycles. The largest absolute Gasteiger partial charge is 0.481 e. The first kappa shape index (κ1) is 17.0. The van der Waals surface area contributed by atoms with Crippen molar-refractivity contribution in [1.82, 2.24) is 5.32 Å². The number of carboxylic acids is 1. The van der Waals surface area contributed by atoms with E-state index in [1.54, 1.807) is 0 Å². The second kappa shape index (κ2) is 7.79. The number of rotatable bonds is 5. The molecule has 2 atom stereocenters. The highest BCUT2D eigenvalue weighted by atomic mass is 16.5. The van der Waals surface area contributed by atoms with Gasteiger partial charge in [0, 0.05) is 25.0 Å². The number of carboxylic acid groups (broad SMARTS) is 1. The van der Waals surface area contributed by atoms with Gasteiger partial charge >= 0.3 is 5.97 Å². The molecule has 0 unspecified atom stereocenters. The van der Waals surface area contributed by atoms with Gasteiger partial charge in [0.15, 0.2) is 0 Å². The first-order valence-electron chi connectivity index (χ1n) is 8.82. The van der Waals surface area contributed by atoms with Crippen LogP contribution in [0.1, 0.15) is 43.8 Å². The molecule has 2 N–H and O–H groups in total. The maximum Gasteiger partial charge on any atom is 0.306 e. The molecule has 2 fully saturated rings. The summed E-state index contributed by atoms with van der Waals surface area (Å²) in [5, 5.41) is 12.1. The monoisotopic (exact) mass is 331 g/mol. The zero-order valence-electron chi connectivity index (χ0n) is 13.8. The van der Waals surface area contributed by atoms with E-state index in [0.717, 1.165) is 18.6 Å². The van der Waals surface area contributed by atoms with Crippen molar-refractivity contribution in [2.75, 3.05) is 13.2 Å². The minimum Gasteiger partial charge on any atom is -0.481 e. The third-order valence-electron chi connectivity index (χ3n) is 5.33. The molecule has 1 heterocycles. The lowest BCUT2D eigenvalue weighted by atomic mass is 9.81. The number of ether oxygens (including phenoxy) is 1. The summed E-state index contributed by atoms with van der Waals surface area (Å²) in [6, 6.07) is 10.1. The molecule has 0 aromatic heterocycles. The van der Waals surface area contributed by atoms with Gasteiger partial charge in [-0.3, -0.25) is 9.59 Å². The van der Waals surface area contributed by atoms with E-state index in [9.17, 15) is 9.59 Å². The van der Waals surface area contributed by atoms with Crippen LogP contribution in [0.5, 0.6) is 0 Å². The van der Waals surface area contributed by atoms with E-state index in [1.165, 1.54) is 0 Å². The molecule has 2 aliphatic rings. The van der Waals surface area contributed by atoms with Gasteiger partial charge in [0.2, 0.25) is 5.91 Å². The second-order valence-corrected chi connectivity index (χ2v) is 6.88. The van der Waals surface area contributed by atoms with Gasteiger partial charge in [0.25, 0.3) is 0 Å². The normalized spacial score (nSPS) is 30.0. The molecule has 130 valence electrons. The van der Waals surface area contributed by atoms with E-state index < -0.39 is 5.97 Å². The standard InChI is InChI=1S/C19H25NO4/c21-18(14-6-8-15(9-7-14)19(22)23)20-12-16-10-11-24-17(16)13-4-2-1-3-5-13/h1-5,14-17H,6-12H2,(H,20,21)(H,22,23)/t14?,15?,16-,17-/m1/s1. The number of nitrogens with one attached hydrogen (secondary N) is 1. The van der Waals surface area contributed by atoms with Crippen LogP contribution in [0.25, 0.3) is 0 Å². The SMILES string of the molecule is O=C(O)C1CCC(C(=O)NC[C@H]2CCO[C@@H]2c2ccccc2)CC1. The van der Waals surface area contributed by atoms with Gasteiger partial charge < -0.3 is 15.2 Å². The molecule has 1 aliphatic carbocycles. The summed E-state index contributed by atoms with van der Waals surface area (Å²) < 4.78 is 5.85. The summed E-state index contributed by atoms with van der Waals surface area (Å²) in [6.07, 6.45) is 3.55. The van der Waals surface area contributed by atoms with E-state index >= 15 is 0 Å². The zero-order chi connectivity index (χ0) is 16.9. The number of aliphatic carboxylic acids is 1. The lowest BCUT2D eigenvalue weighted by molar-refractivity contribution is -0.144. The van der Waals surface area contributed by atoms with Crippen LogP contribution in [0.15, 0.2) is 30.3 Å². The predicted molar refractivity (Wildman–Crippen MR) is 89.3 cm³/mol. The molecule has 1 amide bonds. The van der Waals surface area contributed by atoms with E-state index in [-0.39, 0.29) is 23.8 Å². The number of benzene rings is 1. The summed E-state index contributed by atoms with van der Waals surface area (Å²) in [5.41, 5.74) is 1.16. The third-order valence-corrected chi connectivity index (χ3v) is 5.33. The van der Waals surface area contributed by atoms with Crippen LogP contribution >= 0.6 is 0 Å². The Bertz CT molecular complexity index is 566. The first-order chi connectivity index (χ1) is 11.6. The van der Waals surface area contributed by atoms with Crippen molar-refractivity contribution in [3.8, 4) is 0 Å². The number of carbonyl (C=O) groups is 2. The van der Waals surface area contributed by atoms with Crippen LogP contribution < -0.4 is 5.32 Å². The Morgan fingerprint density at radius 2 is 1.71 bits per heavy atom. The molecular formula is C19H25NO4. The highest BCUT2D eigenvalue weighted by Gasteiger charge is 2.32. The smallest absolute Gasteiger partial charge is 0.306 e. The molecule has 0 bridgehead atoms. The van der Waals surface area contributed by atoms with E-state index in [2.05, 4.69) is 17.4 Å². The molecule has 24 heavy (non-hydrogen) atoms. The minimum atomic E-state index is -0.734. The lowest BCUT2D eigenvalue weighted by Crippen LogP contribution is -2.37. The fraction of sp³-hybridized carbons (Fsp3) is 0.579. The predicted octanol–water partition coefficient (Wildman–Crippen LogP) is 2.77. The van der Waals surface area contributed by atoms with Crippen molar-refractivity contribution >= 4 is 11.9 Å². The molecule has 1 saturated heterocycles. The van der Waals surface area contributed by atoms with Crippen molar-refractivity contribution in [3.05, 3.63) is 35.9 Å². The molecule has 0 spiro atoms. The van der Waals surface area contributed by atoms with Crippen LogP contribution in [-0.4, -0.2) is 30.1 Å². The summed E-state index contributed by atoms with van der Waals surface area (Å²) >= 11 is 0. The van der Waals surface area contributed by atoms with Gasteiger partial charge in [-0.2, -0.15) is 0 Å². The van der Waals surface area contributed by atoms with Gasteiger partial charge in [-0.25, -0.2) is 0 Å². The topological polar surface area (TPSA) is 75.6 Å². The summed E-state index contributed by atoms with van der Waals surface area (Å²) in [4.78, 5) is 23.4. The van der Waals surface area contributed by atoms with Gasteiger partial charge in [-0.1, -0.05) is 30.3 Å². The van der Waals surface area contributed by atoms with Crippen molar-refractivity contribution in [3.63, 3.8) is 0 Å². The lowest BCUT2D eigenvalue weighted by Gasteiger charge is -2.26. The van der Waals surface area contributed by atoms with E-state index in [4.69, 9.17) is 9.84 Å². The summed E-state index contributed by atoms with van der Waals surface area (Å²) in [7, 11) is 0. The van der Waals surface area contributed by atoms with Gasteiger partial charge in [0.1, 0.15) is 0 Å². The van der Waals surface area contributed by atoms with Gasteiger partial charge in [-0.15, -0.1) is 0 Å². The van der Waals surface area contributed by atoms with Crippen LogP contribution in [0.3, 0.4) is 0 Å². The van der Waals surface area contributed by atoms with E-state index in [0.29, 0.717) is 38.1 Å². The minimum absolute atomic E-state index is 0.0434. The fourth-order valence-electron chi connectivity index (χ4n) is 3.83. The van der Waals surface area contributed by atoms with E-state index in [1.807, 2.05) is 18.2 Å². The Morgan fingerprint density at radius 3 is 2.38 bits per heavy atom. The highest BCUT2D eigenvalue weighted by molar-refractivity contribution is 5.79. The molecule has 1 aliphatic heterocycles. The molecule has 1 saturated carbocycles. The molecule has 1 aromatic rings. The number of hydrogen-bond acceptors (Lipinski definition) is 3. The highest BCUT2D eigenvalue weighted by Crippen LogP contribution is 2.34. The Hall–Kier alpha value is -1.88. The quantitative estimate of drug-likeness (QED) is 0.870. The Kier molecular flexibility index (Phi) is 5.51. The summed E-state index contributed by atoms with van der Waals surface area (Å²) in [5.74, 6) is -0.690. The van der Waals surface area contributed by atoms with Crippen LogP contribution in [-0.2, 0) is 14.3 Å². The molecule has 5 nitrogen and oxygen atoms in total. The molecular weight excluding hydrogens is 306 g/mol. The second-order valence-electron chi connectivity index (χ2n) is 6.88. The molecule has 3 rings (SSSR count). The van der Waals surface area contributed by atoms with Crippen molar-refractivity contribution in [1.29, 1.82) is 0 Å². The molecule has 5 heteroatoms. The first-order valence-corrected chi connectivity index (χ1v) is 8.82. The Morgan fingerprint density at radius 1 is 1.04 bits per heavy atom. The van der Waals surface area contributed by atoms with Crippen molar-refractivity contribution < 1.29 is 19.4 Å². The van der Waals surface area contributed by atoms with Gasteiger partial charge in [0.05, 0.1) is 12.0 Å². The average molecular weight is 331 g/mol. The number of hydrogen-bond donors (Lipinski definition) is 2. The van der Waals surface area contributed by atoms with Crippen molar-refractivity contribution in [2.45, 2.75) is 38.2 Å². The van der Waals surface area contributed by atoms with Crippen LogP contribution in [0.2, 0.25) is 0 Å². The van der Waals surface area contributed by atoms with Crippen LogP contribution in [0.4, 0.5) is 0 Å². The third kappa shape index (κ3) is 3.96. The average Bonchev–Trinajstić information content (AvgIpc) is 3.09. The number of amides is 1. The van der Waals surface area contributed by atoms with Crippen LogP contribution in [0, 0.1) is 17.8 Å². The zero-order valence-corrected chi connectivity index (χ0v) is 13.8. The van der Waals surface area contributed by atoms with Crippen molar-refractivity contribution in [2.24, 2.45) is 17.8 Å². The fourth-order valence-corrected chi connectivity index (χ4v) is 3.83. The maximum absolute atomic E-state index is 12.4. The Labute approximate surface area is 142 Å². The van der Waals surface area contributed by atoms with Gasteiger partial charge in [-0.05, 0) is 37.7 Å². The molecule has 0 radical (unpaired) electrons.